The Morgan fingerprint density at radius 2 is 1.95 bits per heavy atom. The molecule has 0 radical (unpaired) electrons. The van der Waals surface area contributed by atoms with Gasteiger partial charge in [0.05, 0.1) is 6.04 Å². The van der Waals surface area contributed by atoms with Gasteiger partial charge in [-0.2, -0.15) is 5.10 Å². The summed E-state index contributed by atoms with van der Waals surface area (Å²) in [6.45, 7) is 4.65. The number of anilines is 1. The fourth-order valence-corrected chi connectivity index (χ4v) is 1.91. The molecule has 1 fully saturated rings. The van der Waals surface area contributed by atoms with Crippen LogP contribution in [0.15, 0.2) is 18.3 Å². The smallest absolute Gasteiger partial charge is 0.239 e. The van der Waals surface area contributed by atoms with Crippen molar-refractivity contribution in [1.82, 2.24) is 15.1 Å². The Morgan fingerprint density at radius 3 is 2.42 bits per heavy atom. The van der Waals surface area contributed by atoms with Crippen molar-refractivity contribution in [3.8, 4) is 0 Å². The van der Waals surface area contributed by atoms with E-state index >= 15 is 0 Å². The first-order valence-electron chi connectivity index (χ1n) is 5.75. The third-order valence-corrected chi connectivity index (χ3v) is 2.86. The predicted molar refractivity (Wildman–Crippen MR) is 79.0 cm³/mol. The third-order valence-electron chi connectivity index (χ3n) is 2.86. The summed E-state index contributed by atoms with van der Waals surface area (Å²) in [7, 11) is 0. The Labute approximate surface area is 125 Å². The number of carbonyl (C=O) groups is 1. The molecule has 1 aliphatic heterocycles. The van der Waals surface area contributed by atoms with Gasteiger partial charge in [-0.15, -0.1) is 29.9 Å². The van der Waals surface area contributed by atoms with Crippen LogP contribution in [-0.2, 0) is 4.79 Å². The molecule has 2 N–H and O–H groups in total. The summed E-state index contributed by atoms with van der Waals surface area (Å²) in [5.41, 5.74) is 5.59. The fraction of sp³-hybridized carbons (Fsp3) is 0.545. The van der Waals surface area contributed by atoms with Crippen molar-refractivity contribution >= 4 is 36.5 Å². The van der Waals surface area contributed by atoms with E-state index in [1.54, 1.807) is 18.0 Å². The van der Waals surface area contributed by atoms with Gasteiger partial charge in [0.2, 0.25) is 5.91 Å². The van der Waals surface area contributed by atoms with Gasteiger partial charge >= 0.3 is 0 Å². The van der Waals surface area contributed by atoms with Crippen molar-refractivity contribution in [3.63, 3.8) is 0 Å². The summed E-state index contributed by atoms with van der Waals surface area (Å²) in [6.07, 6.45) is 1.65. The zero-order valence-corrected chi connectivity index (χ0v) is 12.4. The van der Waals surface area contributed by atoms with Gasteiger partial charge in [-0.05, 0) is 19.1 Å². The molecule has 0 unspecified atom stereocenters. The van der Waals surface area contributed by atoms with Gasteiger partial charge in [0.15, 0.2) is 5.82 Å². The van der Waals surface area contributed by atoms with Crippen LogP contribution in [0.2, 0.25) is 0 Å². The Hall–Kier alpha value is -1.11. The van der Waals surface area contributed by atoms with E-state index in [1.807, 2.05) is 12.1 Å². The van der Waals surface area contributed by atoms with Crippen molar-refractivity contribution in [1.29, 1.82) is 0 Å². The highest BCUT2D eigenvalue weighted by Crippen LogP contribution is 2.11. The van der Waals surface area contributed by atoms with Gasteiger partial charge < -0.3 is 15.5 Å². The van der Waals surface area contributed by atoms with Crippen LogP contribution in [0.3, 0.4) is 0 Å². The lowest BCUT2D eigenvalue weighted by Gasteiger charge is -2.35. The molecule has 0 bridgehead atoms. The van der Waals surface area contributed by atoms with E-state index < -0.39 is 6.04 Å². The lowest BCUT2D eigenvalue weighted by molar-refractivity contribution is -0.132. The molecule has 8 heteroatoms. The SMILES string of the molecule is C[C@@H](N)C(=O)N1CCN(c2cccnn2)CC1.Cl.Cl. The molecule has 6 nitrogen and oxygen atoms in total. The molecule has 1 amide bonds. The highest BCUT2D eigenvalue weighted by atomic mass is 35.5. The minimum absolute atomic E-state index is 0. The Kier molecular flexibility index (Phi) is 7.66. The molecule has 0 saturated carbocycles. The van der Waals surface area contributed by atoms with E-state index in [4.69, 9.17) is 5.73 Å². The number of rotatable bonds is 2. The van der Waals surface area contributed by atoms with E-state index in [2.05, 4.69) is 15.1 Å². The quantitative estimate of drug-likeness (QED) is 0.851. The van der Waals surface area contributed by atoms with Crippen LogP contribution in [0, 0.1) is 0 Å². The largest absolute Gasteiger partial charge is 0.352 e. The molecule has 1 aromatic heterocycles. The summed E-state index contributed by atoms with van der Waals surface area (Å²) in [5.74, 6) is 0.879. The molecule has 108 valence electrons. The normalized spacial score (nSPS) is 16.1. The molecule has 1 aliphatic rings. The van der Waals surface area contributed by atoms with Crippen LogP contribution in [0.25, 0.3) is 0 Å². The Balaban J connectivity index is 0.00000162. The average Bonchev–Trinajstić information content (AvgIpc) is 2.39. The lowest BCUT2D eigenvalue weighted by Crippen LogP contribution is -2.52. The molecule has 19 heavy (non-hydrogen) atoms. The van der Waals surface area contributed by atoms with Crippen LogP contribution >= 0.6 is 24.8 Å². The minimum Gasteiger partial charge on any atom is -0.352 e. The van der Waals surface area contributed by atoms with Crippen LogP contribution in [-0.4, -0.2) is 53.2 Å². The number of amides is 1. The molecular weight excluding hydrogens is 289 g/mol. The van der Waals surface area contributed by atoms with Gasteiger partial charge in [-0.3, -0.25) is 4.79 Å². The van der Waals surface area contributed by atoms with Crippen molar-refractivity contribution in [2.24, 2.45) is 5.73 Å². The zero-order chi connectivity index (χ0) is 12.3. The number of aromatic nitrogens is 2. The van der Waals surface area contributed by atoms with Gasteiger partial charge in [0.25, 0.3) is 0 Å². The predicted octanol–water partition coefficient (Wildman–Crippen LogP) is 0.316. The second-order valence-corrected chi connectivity index (χ2v) is 4.18. The third kappa shape index (κ3) is 4.49. The van der Waals surface area contributed by atoms with Crippen molar-refractivity contribution in [2.75, 3.05) is 31.1 Å². The summed E-state index contributed by atoms with van der Waals surface area (Å²) in [6, 6.07) is 3.37. The number of carbonyl (C=O) groups excluding carboxylic acids is 1. The second kappa shape index (κ2) is 8.14. The number of hydrogen-bond donors (Lipinski definition) is 1. The monoisotopic (exact) mass is 307 g/mol. The van der Waals surface area contributed by atoms with Gasteiger partial charge in [0.1, 0.15) is 0 Å². The summed E-state index contributed by atoms with van der Waals surface area (Å²) in [5, 5.41) is 7.91. The van der Waals surface area contributed by atoms with Crippen LogP contribution in [0.4, 0.5) is 5.82 Å². The number of nitrogens with two attached hydrogens (primary N) is 1. The Morgan fingerprint density at radius 1 is 1.32 bits per heavy atom. The van der Waals surface area contributed by atoms with Crippen LogP contribution < -0.4 is 10.6 Å². The molecule has 0 aliphatic carbocycles. The van der Waals surface area contributed by atoms with Crippen molar-refractivity contribution in [3.05, 3.63) is 18.3 Å². The maximum atomic E-state index is 11.7. The van der Waals surface area contributed by atoms with E-state index in [0.717, 1.165) is 18.9 Å². The average molecular weight is 308 g/mol. The minimum atomic E-state index is -0.418. The van der Waals surface area contributed by atoms with Gasteiger partial charge in [-0.1, -0.05) is 0 Å². The van der Waals surface area contributed by atoms with Crippen LogP contribution in [0.1, 0.15) is 6.92 Å². The first kappa shape index (κ1) is 17.9. The molecular formula is C11H19Cl2N5O. The van der Waals surface area contributed by atoms with Crippen molar-refractivity contribution < 1.29 is 4.79 Å². The standard InChI is InChI=1S/C11H17N5O.2ClH/c1-9(12)11(17)16-7-5-15(6-8-16)10-3-2-4-13-14-10;;/h2-4,9H,5-8,12H2,1H3;2*1H/t9-;;/m1../s1. The second-order valence-electron chi connectivity index (χ2n) is 4.18. The van der Waals surface area contributed by atoms with Gasteiger partial charge in [-0.25, -0.2) is 0 Å². The molecule has 1 aromatic rings. The van der Waals surface area contributed by atoms with E-state index in [-0.39, 0.29) is 30.7 Å². The number of piperazine rings is 1. The molecule has 2 heterocycles. The maximum absolute atomic E-state index is 11.7. The number of nitrogens with zero attached hydrogens (tertiary/aromatic N) is 4. The number of halogens is 2. The summed E-state index contributed by atoms with van der Waals surface area (Å²) >= 11 is 0. The highest BCUT2D eigenvalue weighted by Gasteiger charge is 2.23. The topological polar surface area (TPSA) is 75.4 Å². The first-order valence-corrected chi connectivity index (χ1v) is 5.75. The van der Waals surface area contributed by atoms with Gasteiger partial charge in [0, 0.05) is 32.4 Å². The summed E-state index contributed by atoms with van der Waals surface area (Å²) < 4.78 is 0. The maximum Gasteiger partial charge on any atom is 0.239 e. The van der Waals surface area contributed by atoms with E-state index in [0.29, 0.717) is 13.1 Å². The molecule has 0 aromatic carbocycles. The Bertz CT molecular complexity index is 382. The van der Waals surface area contributed by atoms with E-state index in [9.17, 15) is 4.79 Å². The highest BCUT2D eigenvalue weighted by molar-refractivity contribution is 5.85. The first-order chi connectivity index (χ1) is 8.18. The molecule has 2 rings (SSSR count). The van der Waals surface area contributed by atoms with Crippen LogP contribution in [0.5, 0.6) is 0 Å². The fourth-order valence-electron chi connectivity index (χ4n) is 1.91. The van der Waals surface area contributed by atoms with E-state index in [1.165, 1.54) is 0 Å². The lowest BCUT2D eigenvalue weighted by atomic mass is 10.2. The summed E-state index contributed by atoms with van der Waals surface area (Å²) in [4.78, 5) is 15.6. The molecule has 1 saturated heterocycles. The molecule has 0 spiro atoms. The molecule has 1 atom stereocenters. The number of hydrogen-bond acceptors (Lipinski definition) is 5. The van der Waals surface area contributed by atoms with Crippen molar-refractivity contribution in [2.45, 2.75) is 13.0 Å². The zero-order valence-electron chi connectivity index (χ0n) is 10.7.